The van der Waals surface area contributed by atoms with Gasteiger partial charge in [-0.05, 0) is 128 Å². The summed E-state index contributed by atoms with van der Waals surface area (Å²) in [4.78, 5) is 88.8. The van der Waals surface area contributed by atoms with E-state index in [1.807, 2.05) is 5.92 Å². The number of halogens is 5. The zero-order valence-electron chi connectivity index (χ0n) is 37.8. The number of nitrogens with two attached hydrogens (primary N) is 2. The molecule has 4 amide bonds. The number of hydrogen-bond donors (Lipinski definition) is 9. The Morgan fingerprint density at radius 1 is 0.646 bits per heavy atom. The van der Waals surface area contributed by atoms with Crippen molar-refractivity contribution in [3.63, 3.8) is 0 Å². The Kier molecular flexibility index (Phi) is 55.6. The molecule has 0 heterocycles. The van der Waals surface area contributed by atoms with E-state index in [1.54, 1.807) is 41.5 Å². The molecular weight excluding hydrogens is 1170 g/mol. The predicted octanol–water partition coefficient (Wildman–Crippen LogP) is 1.90. The van der Waals surface area contributed by atoms with Gasteiger partial charge in [-0.1, -0.05) is 47.8 Å². The van der Waals surface area contributed by atoms with Crippen molar-refractivity contribution in [1.29, 1.82) is 0 Å². The number of carboxylic acids is 3. The van der Waals surface area contributed by atoms with Crippen LogP contribution in [0, 0.1) is 34.9 Å². The van der Waals surface area contributed by atoms with Gasteiger partial charge in [0.25, 0.3) is 0 Å². The van der Waals surface area contributed by atoms with Gasteiger partial charge in [-0.2, -0.15) is 0 Å². The van der Waals surface area contributed by atoms with Gasteiger partial charge < -0.3 is 64.0 Å². The Balaban J connectivity index is -0.000000179. The summed E-state index contributed by atoms with van der Waals surface area (Å²) in [6.07, 6.45) is 9.94. The molecular formula is C40H62Br4ClKN6O13. The number of amides is 4. The Labute approximate surface area is 463 Å². The molecule has 3 unspecified atom stereocenters. The summed E-state index contributed by atoms with van der Waals surface area (Å²) in [5.74, 6) is 5.46. The van der Waals surface area contributed by atoms with Gasteiger partial charge in [0, 0.05) is 29.0 Å². The number of carbonyl (C=O) groups excluding carboxylic acids is 5. The number of carbonyl (C=O) groups is 8. The summed E-state index contributed by atoms with van der Waals surface area (Å²) in [5, 5.41) is 36.8. The molecule has 0 fully saturated rings. The average molecular weight is 1230 g/mol. The number of carboxylic acid groups (broad SMARTS) is 3. The van der Waals surface area contributed by atoms with Crippen LogP contribution in [-0.4, -0.2) is 127 Å². The third-order valence-electron chi connectivity index (χ3n) is 6.33. The van der Waals surface area contributed by atoms with E-state index in [0.29, 0.717) is 63.5 Å². The van der Waals surface area contributed by atoms with Crippen LogP contribution >= 0.6 is 75.3 Å². The van der Waals surface area contributed by atoms with Crippen LogP contribution in [0.25, 0.3) is 0 Å². The van der Waals surface area contributed by atoms with Crippen LogP contribution in [0.3, 0.4) is 0 Å². The summed E-state index contributed by atoms with van der Waals surface area (Å²) in [6, 6.07) is -2.70. The van der Waals surface area contributed by atoms with Crippen molar-refractivity contribution in [3.8, 4) is 28.5 Å². The van der Waals surface area contributed by atoms with Crippen molar-refractivity contribution >= 4 is 122 Å². The van der Waals surface area contributed by atoms with Gasteiger partial charge >= 0.3 is 81.5 Å². The minimum atomic E-state index is -1.11. The molecule has 0 saturated carbocycles. The van der Waals surface area contributed by atoms with E-state index in [2.05, 4.69) is 108 Å². The molecule has 65 heavy (non-hydrogen) atoms. The molecule has 0 saturated heterocycles. The number of aliphatic carboxylic acids is 3. The second-order valence-electron chi connectivity index (χ2n) is 14.3. The van der Waals surface area contributed by atoms with E-state index in [9.17, 15) is 38.4 Å². The summed E-state index contributed by atoms with van der Waals surface area (Å²) < 4.78 is 10.0. The van der Waals surface area contributed by atoms with Gasteiger partial charge in [0.2, 0.25) is 17.1 Å². The Hall–Kier alpha value is -1.99. The van der Waals surface area contributed by atoms with Crippen LogP contribution in [0.1, 0.15) is 99.3 Å². The number of alkyl carbamates (subject to hydrolysis) is 2. The smallest absolute Gasteiger partial charge is 0.480 e. The first-order chi connectivity index (χ1) is 29.7. The molecule has 0 bridgehead atoms. The molecule has 25 heteroatoms. The monoisotopic (exact) mass is 1220 g/mol. The maximum absolute atomic E-state index is 11.5. The fraction of sp³-hybridized carbons (Fsp3) is 0.650. The van der Waals surface area contributed by atoms with Crippen molar-refractivity contribution in [1.82, 2.24) is 21.3 Å². The second-order valence-corrected chi connectivity index (χ2v) is 16.8. The van der Waals surface area contributed by atoms with E-state index < -0.39 is 59.4 Å². The van der Waals surface area contributed by atoms with Crippen LogP contribution in [0.2, 0.25) is 0 Å². The average Bonchev–Trinajstić information content (AvgIpc) is 3.19. The largest absolute Gasteiger partial charge is 1.00 e. The van der Waals surface area contributed by atoms with Crippen molar-refractivity contribution in [2.45, 2.75) is 129 Å². The van der Waals surface area contributed by atoms with Crippen LogP contribution in [0.15, 0.2) is 0 Å². The minimum Gasteiger partial charge on any atom is -0.480 e. The van der Waals surface area contributed by atoms with E-state index >= 15 is 0 Å². The zero-order chi connectivity index (χ0) is 50.7. The first kappa shape index (κ1) is 74.5. The number of ether oxygens (including phenoxy) is 2. The van der Waals surface area contributed by atoms with Gasteiger partial charge in [0.15, 0.2) is 0 Å². The van der Waals surface area contributed by atoms with Gasteiger partial charge in [-0.25, -0.2) is 25.1 Å². The molecule has 0 spiro atoms. The molecule has 0 aliphatic carbocycles. The summed E-state index contributed by atoms with van der Waals surface area (Å²) in [6.45, 7) is 11.8. The molecule has 0 rings (SSSR count). The standard InChI is InChI=1S/C13H23BrN2O5.C11H22N2O4.C8H15BrN2O3.C6Br.C2H2BrClO.K/c1-13(2,3)21-12(20)16-9(11(18)19)6-4-5-7-15-10(17)8-14;1-11(2,3)17-10(16)13-8(9(14)15)6-4-5-7-12;9-5-7(12)11-4-2-1-3-6(10)8(13)14;1-2-3-4-5-6-7;3-1-2(4)5;/h9H,4-8H2,1-3H3,(H,15,17)(H,16,20)(H,18,19);8H,4-7,12H2,1-3H3,(H,13,16)(H,14,15);6H,1-5,10H2,(H,11,12)(H,13,14);;1H2;/q;;;-1;;+1. The zero-order valence-corrected chi connectivity index (χ0v) is 48.0. The van der Waals surface area contributed by atoms with Gasteiger partial charge in [0.05, 0.1) is 16.0 Å². The van der Waals surface area contributed by atoms with Crippen molar-refractivity contribution < 1.29 is 115 Å². The first-order valence-electron chi connectivity index (χ1n) is 19.2. The SMILES string of the molecule is CC(C)(C)OC(=O)NC(CCCCN)C(=O)O.CC(C)(C)OC(=O)NC(CCCCNC(=O)CBr)C(=O)O.NC(CCCCNC(=O)CBr)C(=O)O.O=C(Cl)CBr.[C-]#CC#CC#CBr.[K+]. The molecule has 19 nitrogen and oxygen atoms in total. The molecule has 0 aliphatic rings. The van der Waals surface area contributed by atoms with Crippen LogP contribution in [-0.2, 0) is 38.2 Å². The summed E-state index contributed by atoms with van der Waals surface area (Å²) in [5.41, 5.74) is 9.30. The third kappa shape index (κ3) is 64.1. The van der Waals surface area contributed by atoms with E-state index in [-0.39, 0.29) is 85.5 Å². The maximum Gasteiger partial charge on any atom is 1.00 e. The van der Waals surface area contributed by atoms with Gasteiger partial charge in [-0.3, -0.25) is 25.1 Å². The number of hydrogen-bond acceptors (Lipinski definition) is 12. The molecule has 0 radical (unpaired) electrons. The van der Waals surface area contributed by atoms with Crippen LogP contribution in [0.4, 0.5) is 9.59 Å². The van der Waals surface area contributed by atoms with Gasteiger partial charge in [0.1, 0.15) is 29.3 Å². The molecule has 0 aromatic rings. The molecule has 0 aromatic heterocycles. The van der Waals surface area contributed by atoms with E-state index in [1.165, 1.54) is 0 Å². The summed E-state index contributed by atoms with van der Waals surface area (Å²) in [7, 11) is 0. The van der Waals surface area contributed by atoms with Crippen molar-refractivity contribution in [2.75, 3.05) is 35.6 Å². The van der Waals surface area contributed by atoms with Gasteiger partial charge in [-0.15, -0.1) is 5.92 Å². The molecule has 366 valence electrons. The van der Waals surface area contributed by atoms with E-state index in [4.69, 9.17) is 54.3 Å². The third-order valence-corrected chi connectivity index (χ3v) is 8.51. The normalized spacial score (nSPS) is 11.0. The second kappa shape index (κ2) is 48.5. The molecule has 0 aromatic carbocycles. The number of rotatable bonds is 22. The van der Waals surface area contributed by atoms with Crippen molar-refractivity contribution in [3.05, 3.63) is 6.42 Å². The first-order valence-corrected chi connectivity index (χ1v) is 23.8. The number of nitrogens with one attached hydrogen (secondary N) is 4. The molecule has 11 N–H and O–H groups in total. The molecule has 3 atom stereocenters. The molecule has 0 aliphatic heterocycles. The van der Waals surface area contributed by atoms with Crippen molar-refractivity contribution in [2.24, 2.45) is 11.5 Å². The Bertz CT molecular complexity index is 1580. The number of alkyl halides is 3. The fourth-order valence-electron chi connectivity index (χ4n) is 3.63. The fourth-order valence-corrected chi connectivity index (χ4v) is 4.13. The predicted molar refractivity (Wildman–Crippen MR) is 258 cm³/mol. The van der Waals surface area contributed by atoms with E-state index in [0.717, 1.165) is 12.8 Å². The van der Waals surface area contributed by atoms with Crippen LogP contribution in [0.5, 0.6) is 0 Å². The van der Waals surface area contributed by atoms with Crippen LogP contribution < -0.4 is 84.1 Å². The Morgan fingerprint density at radius 3 is 1.29 bits per heavy atom. The summed E-state index contributed by atoms with van der Waals surface area (Å²) >= 11 is 16.5. The maximum atomic E-state index is 11.5. The topological polar surface area (TPSA) is 316 Å². The Morgan fingerprint density at radius 2 is 1.02 bits per heavy atom. The minimum absolute atomic E-state index is 0. The quantitative estimate of drug-likeness (QED) is 0.0187. The number of unbranched alkanes of at least 4 members (excludes halogenated alkanes) is 3.